The number of nitrogens with one attached hydrogen (secondary N) is 2. The molecule has 1 aromatic rings. The molecule has 0 aromatic heterocycles. The summed E-state index contributed by atoms with van der Waals surface area (Å²) in [6, 6.07) is 4.28. The van der Waals surface area contributed by atoms with Gasteiger partial charge in [0.2, 0.25) is 15.9 Å². The number of rotatable bonds is 7. The maximum absolute atomic E-state index is 12.9. The summed E-state index contributed by atoms with van der Waals surface area (Å²) in [5.41, 5.74) is 0.229. The van der Waals surface area contributed by atoms with Crippen LogP contribution in [0.4, 0.5) is 0 Å². The average molecular weight is 442 g/mol. The summed E-state index contributed by atoms with van der Waals surface area (Å²) in [6.45, 7) is 1.55. The molecule has 1 aliphatic carbocycles. The van der Waals surface area contributed by atoms with Crippen molar-refractivity contribution >= 4 is 33.4 Å². The Hall–Kier alpha value is -1.64. The molecule has 9 heteroatoms. The van der Waals surface area contributed by atoms with Crippen molar-refractivity contribution in [1.82, 2.24) is 14.9 Å². The molecule has 1 aromatic carbocycles. The van der Waals surface area contributed by atoms with Gasteiger partial charge in [0, 0.05) is 37.7 Å². The van der Waals surface area contributed by atoms with Gasteiger partial charge in [-0.2, -0.15) is 4.31 Å². The minimum Gasteiger partial charge on any atom is -0.354 e. The lowest BCUT2D eigenvalue weighted by Crippen LogP contribution is -2.37. The molecule has 0 atom stereocenters. The van der Waals surface area contributed by atoms with Crippen molar-refractivity contribution in [2.45, 2.75) is 49.8 Å². The van der Waals surface area contributed by atoms with E-state index < -0.39 is 15.9 Å². The third kappa shape index (κ3) is 5.49. The Balaban J connectivity index is 1.58. The molecule has 0 bridgehead atoms. The van der Waals surface area contributed by atoms with Gasteiger partial charge < -0.3 is 10.6 Å². The predicted octanol–water partition coefficient (Wildman–Crippen LogP) is 2.55. The van der Waals surface area contributed by atoms with Crippen LogP contribution in [0.15, 0.2) is 23.1 Å². The fourth-order valence-corrected chi connectivity index (χ4v) is 5.90. The van der Waals surface area contributed by atoms with Crippen molar-refractivity contribution in [2.75, 3.05) is 26.2 Å². The maximum Gasteiger partial charge on any atom is 0.251 e. The van der Waals surface area contributed by atoms with Gasteiger partial charge in [-0.15, -0.1) is 0 Å². The van der Waals surface area contributed by atoms with E-state index in [1.807, 2.05) is 0 Å². The van der Waals surface area contributed by atoms with Gasteiger partial charge in [0.25, 0.3) is 5.91 Å². The van der Waals surface area contributed by atoms with E-state index >= 15 is 0 Å². The zero-order valence-corrected chi connectivity index (χ0v) is 18.0. The van der Waals surface area contributed by atoms with Crippen LogP contribution in [-0.4, -0.2) is 50.7 Å². The van der Waals surface area contributed by atoms with E-state index in [1.165, 1.54) is 22.5 Å². The summed E-state index contributed by atoms with van der Waals surface area (Å²) in [7, 11) is -3.73. The molecular weight excluding hydrogens is 414 g/mol. The van der Waals surface area contributed by atoms with E-state index in [-0.39, 0.29) is 33.9 Å². The highest BCUT2D eigenvalue weighted by Crippen LogP contribution is 2.28. The first kappa shape index (κ1) is 22.1. The maximum atomic E-state index is 12.9. The molecule has 2 fully saturated rings. The van der Waals surface area contributed by atoms with E-state index in [0.29, 0.717) is 19.6 Å². The number of nitrogens with zero attached hydrogens (tertiary/aromatic N) is 1. The number of hydrogen-bond donors (Lipinski definition) is 2. The number of carbonyl (C=O) groups is 2. The lowest BCUT2D eigenvalue weighted by molar-refractivity contribution is -0.124. The highest BCUT2D eigenvalue weighted by molar-refractivity contribution is 7.89. The number of amides is 2. The molecule has 2 aliphatic rings. The van der Waals surface area contributed by atoms with Gasteiger partial charge >= 0.3 is 0 Å². The lowest BCUT2D eigenvalue weighted by atomic mass is 10.1. The van der Waals surface area contributed by atoms with Crippen LogP contribution in [-0.2, 0) is 14.8 Å². The average Bonchev–Trinajstić information content (AvgIpc) is 3.27. The Labute approximate surface area is 177 Å². The molecule has 0 radical (unpaired) electrons. The molecule has 1 aliphatic heterocycles. The zero-order valence-electron chi connectivity index (χ0n) is 16.5. The van der Waals surface area contributed by atoms with Crippen LogP contribution in [0.25, 0.3) is 0 Å². The second-order valence-corrected chi connectivity index (χ2v) is 9.95. The van der Waals surface area contributed by atoms with E-state index in [2.05, 4.69) is 10.6 Å². The number of benzene rings is 1. The minimum atomic E-state index is -3.73. The van der Waals surface area contributed by atoms with Crippen molar-refractivity contribution in [2.24, 2.45) is 5.92 Å². The summed E-state index contributed by atoms with van der Waals surface area (Å²) < 4.78 is 27.2. The number of sulfonamides is 1. The van der Waals surface area contributed by atoms with E-state index in [9.17, 15) is 18.0 Å². The second kappa shape index (κ2) is 9.91. The highest BCUT2D eigenvalue weighted by atomic mass is 35.5. The Morgan fingerprint density at radius 2 is 1.66 bits per heavy atom. The Morgan fingerprint density at radius 3 is 2.34 bits per heavy atom. The monoisotopic (exact) mass is 441 g/mol. The van der Waals surface area contributed by atoms with Crippen molar-refractivity contribution in [1.29, 1.82) is 0 Å². The van der Waals surface area contributed by atoms with Gasteiger partial charge in [0.15, 0.2) is 0 Å². The first-order chi connectivity index (χ1) is 13.9. The van der Waals surface area contributed by atoms with E-state index in [4.69, 9.17) is 11.6 Å². The van der Waals surface area contributed by atoms with Gasteiger partial charge in [0.05, 0.1) is 5.02 Å². The standard InChI is InChI=1S/C20H28ClN3O4S/c21-17-9-8-16(14-18(17)29(27,28)24-12-4-1-5-13-24)20(26)23-11-10-22-19(25)15-6-2-3-7-15/h8-9,14-15H,1-7,10-13H2,(H,22,25)(H,23,26). The SMILES string of the molecule is O=C(NCCNC(=O)C1CCCC1)c1ccc(Cl)c(S(=O)(=O)N2CCCCC2)c1. The molecule has 0 spiro atoms. The van der Waals surface area contributed by atoms with Crippen LogP contribution in [0.1, 0.15) is 55.3 Å². The topological polar surface area (TPSA) is 95.6 Å². The van der Waals surface area contributed by atoms with Crippen molar-refractivity contribution in [3.63, 3.8) is 0 Å². The number of piperidine rings is 1. The van der Waals surface area contributed by atoms with Crippen molar-refractivity contribution in [3.05, 3.63) is 28.8 Å². The first-order valence-electron chi connectivity index (χ1n) is 10.3. The van der Waals surface area contributed by atoms with Crippen LogP contribution in [0.5, 0.6) is 0 Å². The normalized spacial score (nSPS) is 18.5. The molecule has 1 heterocycles. The lowest BCUT2D eigenvalue weighted by Gasteiger charge is -2.26. The van der Waals surface area contributed by atoms with Gasteiger partial charge in [-0.25, -0.2) is 8.42 Å². The molecule has 2 N–H and O–H groups in total. The van der Waals surface area contributed by atoms with Gasteiger partial charge in [0.1, 0.15) is 4.90 Å². The molecule has 7 nitrogen and oxygen atoms in total. The quantitative estimate of drug-likeness (QED) is 0.635. The number of carbonyl (C=O) groups excluding carboxylic acids is 2. The summed E-state index contributed by atoms with van der Waals surface area (Å²) in [5.74, 6) is -0.269. The minimum absolute atomic E-state index is 0.0387. The van der Waals surface area contributed by atoms with Crippen LogP contribution >= 0.6 is 11.6 Å². The van der Waals surface area contributed by atoms with Crippen LogP contribution in [0.3, 0.4) is 0 Å². The molecule has 3 rings (SSSR count). The molecule has 2 amide bonds. The largest absolute Gasteiger partial charge is 0.354 e. The van der Waals surface area contributed by atoms with Crippen molar-refractivity contribution < 1.29 is 18.0 Å². The zero-order chi connectivity index (χ0) is 20.9. The number of halogens is 1. The summed E-state index contributed by atoms with van der Waals surface area (Å²) in [4.78, 5) is 24.4. The molecule has 29 heavy (non-hydrogen) atoms. The van der Waals surface area contributed by atoms with Crippen molar-refractivity contribution in [3.8, 4) is 0 Å². The highest BCUT2D eigenvalue weighted by Gasteiger charge is 2.28. The fourth-order valence-electron chi connectivity index (χ4n) is 3.88. The second-order valence-electron chi connectivity index (χ2n) is 7.64. The van der Waals surface area contributed by atoms with E-state index in [0.717, 1.165) is 44.9 Å². The molecule has 1 saturated carbocycles. The smallest absolute Gasteiger partial charge is 0.251 e. The third-order valence-corrected chi connectivity index (χ3v) is 7.94. The van der Waals surface area contributed by atoms with Gasteiger partial charge in [-0.3, -0.25) is 9.59 Å². The first-order valence-corrected chi connectivity index (χ1v) is 12.1. The number of hydrogen-bond acceptors (Lipinski definition) is 4. The summed E-state index contributed by atoms with van der Waals surface area (Å²) >= 11 is 6.14. The molecule has 0 unspecified atom stereocenters. The molecular formula is C20H28ClN3O4S. The van der Waals surface area contributed by atoms with Crippen LogP contribution in [0.2, 0.25) is 5.02 Å². The van der Waals surface area contributed by atoms with Gasteiger partial charge in [-0.1, -0.05) is 30.9 Å². The van der Waals surface area contributed by atoms with Crippen LogP contribution < -0.4 is 10.6 Å². The predicted molar refractivity (Wildman–Crippen MR) is 111 cm³/mol. The summed E-state index contributed by atoms with van der Waals surface area (Å²) in [6.07, 6.45) is 6.70. The fraction of sp³-hybridized carbons (Fsp3) is 0.600. The Bertz CT molecular complexity index is 847. The summed E-state index contributed by atoms with van der Waals surface area (Å²) in [5, 5.41) is 5.67. The Morgan fingerprint density at radius 1 is 1.00 bits per heavy atom. The Kier molecular flexibility index (Phi) is 7.54. The molecule has 160 valence electrons. The molecule has 1 saturated heterocycles. The van der Waals surface area contributed by atoms with Crippen LogP contribution in [0, 0.1) is 5.92 Å². The van der Waals surface area contributed by atoms with E-state index in [1.54, 1.807) is 0 Å². The third-order valence-electron chi connectivity index (χ3n) is 5.56. The van der Waals surface area contributed by atoms with Gasteiger partial charge in [-0.05, 0) is 43.9 Å².